The van der Waals surface area contributed by atoms with Crippen molar-refractivity contribution in [3.63, 3.8) is 0 Å². The number of anilines is 1. The Balaban J connectivity index is 1.94. The Hall–Kier alpha value is -1.16. The molecule has 1 aliphatic heterocycles. The summed E-state index contributed by atoms with van der Waals surface area (Å²) in [6.45, 7) is 4.46. The molecule has 0 bridgehead atoms. The monoisotopic (exact) mass is 207 g/mol. The van der Waals surface area contributed by atoms with E-state index in [9.17, 15) is 0 Å². The number of rotatable bonds is 5. The third-order valence-electron chi connectivity index (χ3n) is 2.59. The lowest BCUT2D eigenvalue weighted by Gasteiger charge is -2.07. The smallest absolute Gasteiger partial charge is 0.135 e. The van der Waals surface area contributed by atoms with Crippen molar-refractivity contribution in [3.05, 3.63) is 17.6 Å². The number of ether oxygens (including phenoxy) is 1. The average Bonchev–Trinajstić information content (AvgIpc) is 2.73. The largest absolute Gasteiger partial charge is 0.370 e. The Morgan fingerprint density at radius 3 is 3.13 bits per heavy atom. The molecule has 0 atom stereocenters. The summed E-state index contributed by atoms with van der Waals surface area (Å²) in [6, 6.07) is 0. The first-order valence-electron chi connectivity index (χ1n) is 5.56. The van der Waals surface area contributed by atoms with Crippen LogP contribution in [0.4, 0.5) is 5.82 Å². The van der Waals surface area contributed by atoms with Crippen LogP contribution in [0.25, 0.3) is 0 Å². The number of nitrogens with one attached hydrogen (secondary N) is 1. The average molecular weight is 207 g/mol. The zero-order valence-electron chi connectivity index (χ0n) is 9.12. The molecule has 0 aliphatic carbocycles. The van der Waals surface area contributed by atoms with Crippen LogP contribution in [-0.4, -0.2) is 16.5 Å². The second-order valence-electron chi connectivity index (χ2n) is 3.77. The van der Waals surface area contributed by atoms with Crippen LogP contribution in [0.5, 0.6) is 0 Å². The third kappa shape index (κ3) is 2.45. The highest BCUT2D eigenvalue weighted by Gasteiger charge is 2.16. The molecule has 4 heteroatoms. The van der Waals surface area contributed by atoms with Gasteiger partial charge in [-0.05, 0) is 6.42 Å². The summed E-state index contributed by atoms with van der Waals surface area (Å²) in [5.41, 5.74) is 2.16. The molecule has 0 radical (unpaired) electrons. The van der Waals surface area contributed by atoms with Crippen molar-refractivity contribution in [1.82, 2.24) is 9.97 Å². The van der Waals surface area contributed by atoms with Gasteiger partial charge in [-0.1, -0.05) is 19.8 Å². The van der Waals surface area contributed by atoms with Crippen LogP contribution in [0.2, 0.25) is 0 Å². The van der Waals surface area contributed by atoms with E-state index in [-0.39, 0.29) is 0 Å². The van der Waals surface area contributed by atoms with E-state index in [1.807, 2.05) is 0 Å². The molecule has 0 saturated heterocycles. The highest BCUT2D eigenvalue weighted by Crippen LogP contribution is 2.22. The molecule has 0 aromatic carbocycles. The van der Waals surface area contributed by atoms with Gasteiger partial charge in [-0.3, -0.25) is 0 Å². The molecule has 1 aromatic rings. The Labute approximate surface area is 90.1 Å². The van der Waals surface area contributed by atoms with Gasteiger partial charge < -0.3 is 10.1 Å². The zero-order valence-corrected chi connectivity index (χ0v) is 9.12. The van der Waals surface area contributed by atoms with E-state index < -0.39 is 0 Å². The maximum atomic E-state index is 5.34. The van der Waals surface area contributed by atoms with Crippen molar-refractivity contribution < 1.29 is 4.74 Å². The van der Waals surface area contributed by atoms with Gasteiger partial charge in [0.2, 0.25) is 0 Å². The summed E-state index contributed by atoms with van der Waals surface area (Å²) in [5, 5.41) is 3.35. The number of unbranched alkanes of at least 4 members (excludes halogenated alkanes) is 2. The van der Waals surface area contributed by atoms with Crippen molar-refractivity contribution in [2.24, 2.45) is 0 Å². The topological polar surface area (TPSA) is 47.0 Å². The van der Waals surface area contributed by atoms with E-state index in [0.29, 0.717) is 13.2 Å². The number of fused-ring (bicyclic) bond motifs is 1. The second kappa shape index (κ2) is 5.07. The summed E-state index contributed by atoms with van der Waals surface area (Å²) in [7, 11) is 0. The van der Waals surface area contributed by atoms with Crippen molar-refractivity contribution in [1.29, 1.82) is 0 Å². The maximum Gasteiger partial charge on any atom is 0.135 e. The van der Waals surface area contributed by atoms with Gasteiger partial charge in [-0.15, -0.1) is 0 Å². The number of aromatic nitrogens is 2. The van der Waals surface area contributed by atoms with E-state index in [1.165, 1.54) is 19.3 Å². The minimum absolute atomic E-state index is 0.626. The maximum absolute atomic E-state index is 5.34. The summed E-state index contributed by atoms with van der Waals surface area (Å²) in [6.07, 6.45) is 5.30. The van der Waals surface area contributed by atoms with Gasteiger partial charge in [-0.25, -0.2) is 9.97 Å². The summed E-state index contributed by atoms with van der Waals surface area (Å²) < 4.78 is 5.34. The second-order valence-corrected chi connectivity index (χ2v) is 3.77. The van der Waals surface area contributed by atoms with Gasteiger partial charge in [0.05, 0.1) is 18.9 Å². The molecule has 1 aliphatic rings. The standard InChI is InChI=1S/C11H17N3O/c1-2-3-4-5-12-11-9-6-15-7-10(9)13-8-14-11/h8H,2-7H2,1H3,(H,12,13,14). The summed E-state index contributed by atoms with van der Waals surface area (Å²) in [5.74, 6) is 0.952. The van der Waals surface area contributed by atoms with E-state index in [0.717, 1.165) is 23.6 Å². The molecule has 0 unspecified atom stereocenters. The molecule has 4 nitrogen and oxygen atoms in total. The normalized spacial score (nSPS) is 13.9. The summed E-state index contributed by atoms with van der Waals surface area (Å²) in [4.78, 5) is 8.43. The van der Waals surface area contributed by atoms with E-state index in [1.54, 1.807) is 6.33 Å². The van der Waals surface area contributed by atoms with E-state index in [4.69, 9.17) is 4.74 Å². The minimum Gasteiger partial charge on any atom is -0.370 e. The van der Waals surface area contributed by atoms with Crippen LogP contribution in [0.3, 0.4) is 0 Å². The first-order chi connectivity index (χ1) is 7.42. The molecule has 15 heavy (non-hydrogen) atoms. The highest BCUT2D eigenvalue weighted by atomic mass is 16.5. The van der Waals surface area contributed by atoms with Crippen LogP contribution in [-0.2, 0) is 18.0 Å². The van der Waals surface area contributed by atoms with Gasteiger partial charge >= 0.3 is 0 Å². The molecule has 0 saturated carbocycles. The van der Waals surface area contributed by atoms with Crippen molar-refractivity contribution in [2.75, 3.05) is 11.9 Å². The number of hydrogen-bond acceptors (Lipinski definition) is 4. The van der Waals surface area contributed by atoms with Crippen molar-refractivity contribution >= 4 is 5.82 Å². The van der Waals surface area contributed by atoms with E-state index in [2.05, 4.69) is 22.2 Å². The molecule has 82 valence electrons. The Morgan fingerprint density at radius 2 is 2.27 bits per heavy atom. The van der Waals surface area contributed by atoms with Gasteiger partial charge in [0.15, 0.2) is 0 Å². The van der Waals surface area contributed by atoms with Crippen LogP contribution in [0.15, 0.2) is 6.33 Å². The van der Waals surface area contributed by atoms with Crippen molar-refractivity contribution in [2.45, 2.75) is 39.4 Å². The fraction of sp³-hybridized carbons (Fsp3) is 0.636. The van der Waals surface area contributed by atoms with Gasteiger partial charge in [0.25, 0.3) is 0 Å². The molecule has 1 N–H and O–H groups in total. The van der Waals surface area contributed by atoms with Gasteiger partial charge in [0.1, 0.15) is 12.1 Å². The molecular formula is C11H17N3O. The quantitative estimate of drug-likeness (QED) is 0.751. The number of nitrogens with zero attached hydrogens (tertiary/aromatic N) is 2. The molecule has 2 rings (SSSR count). The molecular weight excluding hydrogens is 190 g/mol. The lowest BCUT2D eigenvalue weighted by atomic mass is 10.2. The van der Waals surface area contributed by atoms with Gasteiger partial charge in [0, 0.05) is 12.1 Å². The highest BCUT2D eigenvalue weighted by molar-refractivity contribution is 5.46. The molecule has 0 spiro atoms. The lowest BCUT2D eigenvalue weighted by molar-refractivity contribution is 0.133. The Bertz CT molecular complexity index is 328. The lowest BCUT2D eigenvalue weighted by Crippen LogP contribution is -2.06. The minimum atomic E-state index is 0.626. The third-order valence-corrected chi connectivity index (χ3v) is 2.59. The first kappa shape index (κ1) is 10.4. The summed E-state index contributed by atoms with van der Waals surface area (Å²) >= 11 is 0. The molecule has 0 amide bonds. The number of hydrogen-bond donors (Lipinski definition) is 1. The van der Waals surface area contributed by atoms with Crippen LogP contribution in [0.1, 0.15) is 37.4 Å². The van der Waals surface area contributed by atoms with Crippen LogP contribution < -0.4 is 5.32 Å². The predicted molar refractivity (Wildman–Crippen MR) is 58.5 cm³/mol. The SMILES string of the molecule is CCCCCNc1ncnc2c1COC2. The molecule has 0 fully saturated rings. The fourth-order valence-electron chi connectivity index (χ4n) is 1.71. The Morgan fingerprint density at radius 1 is 1.33 bits per heavy atom. The molecule has 1 aromatic heterocycles. The van der Waals surface area contributed by atoms with Crippen LogP contribution >= 0.6 is 0 Å². The van der Waals surface area contributed by atoms with Crippen LogP contribution in [0, 0.1) is 0 Å². The Kier molecular flexibility index (Phi) is 3.50. The molecule has 2 heterocycles. The zero-order chi connectivity index (χ0) is 10.5. The van der Waals surface area contributed by atoms with Gasteiger partial charge in [-0.2, -0.15) is 0 Å². The van der Waals surface area contributed by atoms with E-state index >= 15 is 0 Å². The first-order valence-corrected chi connectivity index (χ1v) is 5.56. The van der Waals surface area contributed by atoms with Crippen molar-refractivity contribution in [3.8, 4) is 0 Å². The predicted octanol–water partition coefficient (Wildman–Crippen LogP) is 2.11. The fourth-order valence-corrected chi connectivity index (χ4v) is 1.71.